The molecule has 0 spiro atoms. The number of benzene rings is 1. The number of nitrogens with zero attached hydrogens (tertiary/aromatic N) is 3. The maximum Gasteiger partial charge on any atom is 0.262 e. The highest BCUT2D eigenvalue weighted by atomic mass is 32.2. The van der Waals surface area contributed by atoms with Gasteiger partial charge in [-0.3, -0.25) is 4.72 Å². The zero-order chi connectivity index (χ0) is 18.9. The van der Waals surface area contributed by atoms with Crippen molar-refractivity contribution < 1.29 is 17.9 Å². The molecule has 3 aromatic rings. The van der Waals surface area contributed by atoms with Gasteiger partial charge in [-0.05, 0) is 32.0 Å². The highest BCUT2D eigenvalue weighted by molar-refractivity contribution is 7.92. The number of sulfonamides is 1. The van der Waals surface area contributed by atoms with Crippen LogP contribution in [0, 0.1) is 0 Å². The van der Waals surface area contributed by atoms with Crippen LogP contribution in [0.25, 0.3) is 11.0 Å². The molecule has 0 bridgehead atoms. The van der Waals surface area contributed by atoms with E-state index in [1.807, 2.05) is 13.8 Å². The van der Waals surface area contributed by atoms with E-state index in [0.29, 0.717) is 22.8 Å². The summed E-state index contributed by atoms with van der Waals surface area (Å²) in [5.41, 5.74) is 1.06. The van der Waals surface area contributed by atoms with Gasteiger partial charge in [0.05, 0.1) is 37.2 Å². The number of nitrogens with one attached hydrogen (secondary N) is 1. The van der Waals surface area contributed by atoms with E-state index in [9.17, 15) is 8.42 Å². The first-order valence-electron chi connectivity index (χ1n) is 7.94. The Balaban J connectivity index is 1.93. The standard InChI is InChI=1S/C17H20N4O4S/c1-11(2)21-17-12(9-19-21)7-13(10-18-17)20-26(22,23)14-5-6-15(24-3)16(8-14)25-4/h5-11,20H,1-4H3. The first-order valence-corrected chi connectivity index (χ1v) is 9.42. The first kappa shape index (κ1) is 18.0. The van der Waals surface area contributed by atoms with Gasteiger partial charge in [-0.2, -0.15) is 5.10 Å². The summed E-state index contributed by atoms with van der Waals surface area (Å²) in [5.74, 6) is 0.790. The third-order valence-corrected chi connectivity index (χ3v) is 5.22. The molecule has 0 saturated heterocycles. The second-order valence-electron chi connectivity index (χ2n) is 5.94. The highest BCUT2D eigenvalue weighted by Gasteiger charge is 2.18. The molecular weight excluding hydrogens is 356 g/mol. The van der Waals surface area contributed by atoms with Crippen LogP contribution in [-0.2, 0) is 10.0 Å². The summed E-state index contributed by atoms with van der Waals surface area (Å²) in [7, 11) is -0.863. The van der Waals surface area contributed by atoms with Crippen LogP contribution in [0.4, 0.5) is 5.69 Å². The summed E-state index contributed by atoms with van der Waals surface area (Å²) in [5, 5.41) is 5.03. The van der Waals surface area contributed by atoms with Crippen molar-refractivity contribution in [3.05, 3.63) is 36.7 Å². The van der Waals surface area contributed by atoms with Crippen molar-refractivity contribution in [2.75, 3.05) is 18.9 Å². The molecule has 0 radical (unpaired) electrons. The number of hydrogen-bond acceptors (Lipinski definition) is 6. The molecule has 2 aromatic heterocycles. The van der Waals surface area contributed by atoms with E-state index >= 15 is 0 Å². The fraction of sp³-hybridized carbons (Fsp3) is 0.294. The molecule has 9 heteroatoms. The van der Waals surface area contributed by atoms with Gasteiger partial charge >= 0.3 is 0 Å². The van der Waals surface area contributed by atoms with Gasteiger partial charge in [0.2, 0.25) is 0 Å². The lowest BCUT2D eigenvalue weighted by molar-refractivity contribution is 0.354. The number of fused-ring (bicyclic) bond motifs is 1. The number of rotatable bonds is 6. The van der Waals surface area contributed by atoms with E-state index in [-0.39, 0.29) is 10.9 Å². The zero-order valence-corrected chi connectivity index (χ0v) is 15.7. The minimum absolute atomic E-state index is 0.0631. The molecule has 0 unspecified atom stereocenters. The molecule has 2 heterocycles. The van der Waals surface area contributed by atoms with E-state index in [4.69, 9.17) is 9.47 Å². The van der Waals surface area contributed by atoms with Crippen molar-refractivity contribution in [1.29, 1.82) is 0 Å². The Kier molecular flexibility index (Phi) is 4.73. The lowest BCUT2D eigenvalue weighted by Crippen LogP contribution is -2.13. The molecular formula is C17H20N4O4S. The van der Waals surface area contributed by atoms with E-state index in [1.54, 1.807) is 23.0 Å². The molecule has 0 atom stereocenters. The van der Waals surface area contributed by atoms with Crippen LogP contribution < -0.4 is 14.2 Å². The minimum atomic E-state index is -3.80. The van der Waals surface area contributed by atoms with Gasteiger partial charge < -0.3 is 9.47 Å². The van der Waals surface area contributed by atoms with E-state index in [2.05, 4.69) is 14.8 Å². The molecule has 1 aromatic carbocycles. The minimum Gasteiger partial charge on any atom is -0.493 e. The number of methoxy groups -OCH3 is 2. The van der Waals surface area contributed by atoms with E-state index in [1.165, 1.54) is 32.5 Å². The van der Waals surface area contributed by atoms with Crippen molar-refractivity contribution in [1.82, 2.24) is 14.8 Å². The lowest BCUT2D eigenvalue weighted by atomic mass is 10.3. The normalized spacial score (nSPS) is 11.7. The van der Waals surface area contributed by atoms with Crippen molar-refractivity contribution in [2.24, 2.45) is 0 Å². The molecule has 0 aliphatic rings. The van der Waals surface area contributed by atoms with Crippen LogP contribution in [0.5, 0.6) is 11.5 Å². The number of ether oxygens (including phenoxy) is 2. The Bertz CT molecular complexity index is 1040. The first-order chi connectivity index (χ1) is 12.4. The van der Waals surface area contributed by atoms with Crippen LogP contribution in [0.2, 0.25) is 0 Å². The monoisotopic (exact) mass is 376 g/mol. The maximum absolute atomic E-state index is 12.7. The average molecular weight is 376 g/mol. The number of pyridine rings is 1. The van der Waals surface area contributed by atoms with Gasteiger partial charge in [-0.1, -0.05) is 0 Å². The summed E-state index contributed by atoms with van der Waals surface area (Å²) in [6.07, 6.45) is 3.14. The molecule has 138 valence electrons. The van der Waals surface area contributed by atoms with Crippen LogP contribution >= 0.6 is 0 Å². The molecule has 0 aliphatic heterocycles. The smallest absolute Gasteiger partial charge is 0.262 e. The summed E-state index contributed by atoms with van der Waals surface area (Å²) < 4.78 is 39.9. The number of aromatic nitrogens is 3. The summed E-state index contributed by atoms with van der Waals surface area (Å²) >= 11 is 0. The Morgan fingerprint density at radius 3 is 2.46 bits per heavy atom. The molecule has 0 saturated carbocycles. The Labute approximate surface area is 151 Å². The molecule has 8 nitrogen and oxygen atoms in total. The number of anilines is 1. The van der Waals surface area contributed by atoms with Gasteiger partial charge in [-0.15, -0.1) is 0 Å². The van der Waals surface area contributed by atoms with Crippen molar-refractivity contribution in [3.63, 3.8) is 0 Å². The van der Waals surface area contributed by atoms with Crippen LogP contribution in [0.3, 0.4) is 0 Å². The van der Waals surface area contributed by atoms with Crippen molar-refractivity contribution >= 4 is 26.7 Å². The fourth-order valence-electron chi connectivity index (χ4n) is 2.57. The van der Waals surface area contributed by atoms with Crippen LogP contribution in [-0.4, -0.2) is 37.4 Å². The SMILES string of the molecule is COc1ccc(S(=O)(=O)Nc2cnc3c(cnn3C(C)C)c2)cc1OC. The second kappa shape index (κ2) is 6.83. The summed E-state index contributed by atoms with van der Waals surface area (Å²) in [6.45, 7) is 4.00. The molecule has 0 amide bonds. The Morgan fingerprint density at radius 2 is 1.81 bits per heavy atom. The average Bonchev–Trinajstić information content (AvgIpc) is 3.04. The zero-order valence-electron chi connectivity index (χ0n) is 14.9. The Hall–Kier alpha value is -2.81. The topological polar surface area (TPSA) is 95.3 Å². The lowest BCUT2D eigenvalue weighted by Gasteiger charge is -2.12. The maximum atomic E-state index is 12.7. The van der Waals surface area contributed by atoms with E-state index in [0.717, 1.165) is 5.39 Å². The van der Waals surface area contributed by atoms with Gasteiger partial charge in [0.1, 0.15) is 0 Å². The van der Waals surface area contributed by atoms with Crippen LogP contribution in [0.15, 0.2) is 41.6 Å². The number of hydrogen-bond donors (Lipinski definition) is 1. The fourth-order valence-corrected chi connectivity index (χ4v) is 3.62. The summed E-state index contributed by atoms with van der Waals surface area (Å²) in [4.78, 5) is 4.39. The second-order valence-corrected chi connectivity index (χ2v) is 7.62. The molecule has 0 fully saturated rings. The van der Waals surface area contributed by atoms with Crippen molar-refractivity contribution in [2.45, 2.75) is 24.8 Å². The highest BCUT2D eigenvalue weighted by Crippen LogP contribution is 2.30. The van der Waals surface area contributed by atoms with Crippen molar-refractivity contribution in [3.8, 4) is 11.5 Å². The van der Waals surface area contributed by atoms with Crippen LogP contribution in [0.1, 0.15) is 19.9 Å². The predicted molar refractivity (Wildman–Crippen MR) is 98.3 cm³/mol. The third-order valence-electron chi connectivity index (χ3n) is 3.84. The molecule has 3 rings (SSSR count). The quantitative estimate of drug-likeness (QED) is 0.711. The molecule has 26 heavy (non-hydrogen) atoms. The van der Waals surface area contributed by atoms with Gasteiger partial charge in [0.15, 0.2) is 17.1 Å². The molecule has 1 N–H and O–H groups in total. The van der Waals surface area contributed by atoms with E-state index < -0.39 is 10.0 Å². The van der Waals surface area contributed by atoms with Gasteiger partial charge in [0, 0.05) is 17.5 Å². The van der Waals surface area contributed by atoms with Gasteiger partial charge in [0.25, 0.3) is 10.0 Å². The molecule has 0 aliphatic carbocycles. The van der Waals surface area contributed by atoms with Gasteiger partial charge in [-0.25, -0.2) is 18.1 Å². The third kappa shape index (κ3) is 3.30. The largest absolute Gasteiger partial charge is 0.493 e. The Morgan fingerprint density at radius 1 is 1.08 bits per heavy atom. The predicted octanol–water partition coefficient (Wildman–Crippen LogP) is 2.83. The summed E-state index contributed by atoms with van der Waals surface area (Å²) in [6, 6.07) is 6.26.